The van der Waals surface area contributed by atoms with Crippen molar-refractivity contribution in [2.45, 2.75) is 26.8 Å². The number of aryl methyl sites for hydroxylation is 1. The van der Waals surface area contributed by atoms with E-state index in [-0.39, 0.29) is 6.04 Å². The van der Waals surface area contributed by atoms with Crippen molar-refractivity contribution in [1.82, 2.24) is 4.98 Å². The predicted molar refractivity (Wildman–Crippen MR) is 47.3 cm³/mol. The van der Waals surface area contributed by atoms with Gasteiger partial charge in [0, 0.05) is 17.9 Å². The molecule has 2 nitrogen and oxygen atoms in total. The monoisotopic (exact) mass is 152 g/mol. The highest BCUT2D eigenvalue weighted by Crippen LogP contribution is 2.17. The molecule has 0 aliphatic carbocycles. The second kappa shape index (κ2) is 3.09. The van der Waals surface area contributed by atoms with Gasteiger partial charge in [-0.05, 0) is 24.5 Å². The Bertz CT molecular complexity index is 225. The van der Waals surface area contributed by atoms with Gasteiger partial charge < -0.3 is 10.7 Å². The van der Waals surface area contributed by atoms with E-state index in [1.807, 2.05) is 6.20 Å². The Morgan fingerprint density at radius 3 is 2.45 bits per heavy atom. The standard InChI is InChI=1S/C9H16N2/c1-6(2)9(10)8-4-7(3)5-11-8/h4-6,9,11H,10H2,1-3H3. The minimum atomic E-state index is 0.142. The maximum atomic E-state index is 5.92. The van der Waals surface area contributed by atoms with Crippen molar-refractivity contribution in [1.29, 1.82) is 0 Å². The van der Waals surface area contributed by atoms with Gasteiger partial charge in [-0.1, -0.05) is 13.8 Å². The van der Waals surface area contributed by atoms with Gasteiger partial charge in [0.25, 0.3) is 0 Å². The topological polar surface area (TPSA) is 41.8 Å². The normalized spacial score (nSPS) is 13.9. The molecule has 1 rings (SSSR count). The summed E-state index contributed by atoms with van der Waals surface area (Å²) in [5.74, 6) is 0.494. The first kappa shape index (κ1) is 8.34. The Balaban J connectivity index is 2.76. The highest BCUT2D eigenvalue weighted by atomic mass is 14.8. The summed E-state index contributed by atoms with van der Waals surface area (Å²) in [6.07, 6.45) is 1.98. The lowest BCUT2D eigenvalue weighted by Gasteiger charge is -2.13. The summed E-state index contributed by atoms with van der Waals surface area (Å²) in [6.45, 7) is 6.31. The van der Waals surface area contributed by atoms with Crippen LogP contribution in [0.4, 0.5) is 0 Å². The summed E-state index contributed by atoms with van der Waals surface area (Å²) in [4.78, 5) is 3.16. The predicted octanol–water partition coefficient (Wildman–Crippen LogP) is 1.98. The Morgan fingerprint density at radius 1 is 1.45 bits per heavy atom. The lowest BCUT2D eigenvalue weighted by Crippen LogP contribution is -2.16. The summed E-state index contributed by atoms with van der Waals surface area (Å²) in [5.41, 5.74) is 8.30. The summed E-state index contributed by atoms with van der Waals surface area (Å²) >= 11 is 0. The third-order valence-corrected chi connectivity index (χ3v) is 1.93. The summed E-state index contributed by atoms with van der Waals surface area (Å²) in [7, 11) is 0. The van der Waals surface area contributed by atoms with Crippen molar-refractivity contribution >= 4 is 0 Å². The first-order valence-corrected chi connectivity index (χ1v) is 4.01. The van der Waals surface area contributed by atoms with E-state index in [2.05, 4.69) is 31.8 Å². The van der Waals surface area contributed by atoms with Crippen molar-refractivity contribution in [2.75, 3.05) is 0 Å². The highest BCUT2D eigenvalue weighted by Gasteiger charge is 2.10. The molecule has 0 aromatic carbocycles. The molecule has 0 aliphatic rings. The van der Waals surface area contributed by atoms with Gasteiger partial charge in [0.15, 0.2) is 0 Å². The summed E-state index contributed by atoms with van der Waals surface area (Å²) in [6, 6.07) is 2.24. The number of aromatic nitrogens is 1. The summed E-state index contributed by atoms with van der Waals surface area (Å²) < 4.78 is 0. The fourth-order valence-electron chi connectivity index (χ4n) is 1.08. The van der Waals surface area contributed by atoms with Gasteiger partial charge in [0.1, 0.15) is 0 Å². The number of hydrogen-bond acceptors (Lipinski definition) is 1. The Kier molecular flexibility index (Phi) is 2.35. The molecule has 0 amide bonds. The SMILES string of the molecule is Cc1c[nH]c(C(N)C(C)C)c1. The zero-order chi connectivity index (χ0) is 8.43. The van der Waals surface area contributed by atoms with Gasteiger partial charge in [0.05, 0.1) is 0 Å². The average molecular weight is 152 g/mol. The number of rotatable bonds is 2. The molecule has 0 fully saturated rings. The van der Waals surface area contributed by atoms with E-state index in [0.717, 1.165) is 5.69 Å². The molecule has 0 radical (unpaired) electrons. The molecule has 1 heterocycles. The smallest absolute Gasteiger partial charge is 0.0471 e. The van der Waals surface area contributed by atoms with Crippen molar-refractivity contribution in [3.8, 4) is 0 Å². The fraction of sp³-hybridized carbons (Fsp3) is 0.556. The molecule has 1 aromatic rings. The maximum Gasteiger partial charge on any atom is 0.0471 e. The van der Waals surface area contributed by atoms with Gasteiger partial charge >= 0.3 is 0 Å². The van der Waals surface area contributed by atoms with E-state index in [0.29, 0.717) is 5.92 Å². The summed E-state index contributed by atoms with van der Waals surface area (Å²) in [5, 5.41) is 0. The third-order valence-electron chi connectivity index (χ3n) is 1.93. The first-order chi connectivity index (χ1) is 5.11. The highest BCUT2D eigenvalue weighted by molar-refractivity contribution is 5.17. The van der Waals surface area contributed by atoms with Gasteiger partial charge in [-0.2, -0.15) is 0 Å². The van der Waals surface area contributed by atoms with E-state index in [1.54, 1.807) is 0 Å². The fourth-order valence-corrected chi connectivity index (χ4v) is 1.08. The largest absolute Gasteiger partial charge is 0.363 e. The number of nitrogens with two attached hydrogens (primary N) is 1. The molecular weight excluding hydrogens is 136 g/mol. The van der Waals surface area contributed by atoms with Crippen LogP contribution in [0.25, 0.3) is 0 Å². The van der Waals surface area contributed by atoms with Crippen molar-refractivity contribution < 1.29 is 0 Å². The number of nitrogens with one attached hydrogen (secondary N) is 1. The molecule has 1 unspecified atom stereocenters. The van der Waals surface area contributed by atoms with Crippen LogP contribution in [0.1, 0.15) is 31.1 Å². The van der Waals surface area contributed by atoms with Crippen LogP contribution in [0, 0.1) is 12.8 Å². The van der Waals surface area contributed by atoms with E-state index < -0.39 is 0 Å². The van der Waals surface area contributed by atoms with E-state index in [4.69, 9.17) is 5.73 Å². The van der Waals surface area contributed by atoms with E-state index >= 15 is 0 Å². The lowest BCUT2D eigenvalue weighted by molar-refractivity contribution is 0.505. The van der Waals surface area contributed by atoms with Gasteiger partial charge in [-0.25, -0.2) is 0 Å². The number of aromatic amines is 1. The van der Waals surface area contributed by atoms with Crippen LogP contribution >= 0.6 is 0 Å². The Morgan fingerprint density at radius 2 is 2.09 bits per heavy atom. The van der Waals surface area contributed by atoms with Crippen LogP contribution in [0.2, 0.25) is 0 Å². The maximum absolute atomic E-state index is 5.92. The third kappa shape index (κ3) is 1.84. The minimum absolute atomic E-state index is 0.142. The van der Waals surface area contributed by atoms with Gasteiger partial charge in [0.2, 0.25) is 0 Å². The second-order valence-corrected chi connectivity index (χ2v) is 3.40. The molecule has 0 bridgehead atoms. The van der Waals surface area contributed by atoms with Crippen LogP contribution in [0.3, 0.4) is 0 Å². The quantitative estimate of drug-likeness (QED) is 0.668. The Labute approximate surface area is 67.8 Å². The first-order valence-electron chi connectivity index (χ1n) is 4.01. The molecule has 1 aromatic heterocycles. The van der Waals surface area contributed by atoms with Crippen molar-refractivity contribution in [3.63, 3.8) is 0 Å². The molecule has 0 aliphatic heterocycles. The molecule has 62 valence electrons. The molecule has 1 atom stereocenters. The van der Waals surface area contributed by atoms with Crippen LogP contribution in [-0.2, 0) is 0 Å². The molecule has 3 N–H and O–H groups in total. The molecular formula is C9H16N2. The molecule has 0 saturated carbocycles. The van der Waals surface area contributed by atoms with Crippen LogP contribution in [0.15, 0.2) is 12.3 Å². The zero-order valence-electron chi connectivity index (χ0n) is 7.39. The minimum Gasteiger partial charge on any atom is -0.363 e. The Hall–Kier alpha value is -0.760. The lowest BCUT2D eigenvalue weighted by atomic mass is 10.0. The number of hydrogen-bond donors (Lipinski definition) is 2. The van der Waals surface area contributed by atoms with Crippen molar-refractivity contribution in [2.24, 2.45) is 11.7 Å². The van der Waals surface area contributed by atoms with E-state index in [1.165, 1.54) is 5.56 Å². The average Bonchev–Trinajstić information content (AvgIpc) is 2.34. The van der Waals surface area contributed by atoms with Gasteiger partial charge in [-0.15, -0.1) is 0 Å². The van der Waals surface area contributed by atoms with Gasteiger partial charge in [-0.3, -0.25) is 0 Å². The van der Waals surface area contributed by atoms with Crippen LogP contribution in [-0.4, -0.2) is 4.98 Å². The molecule has 2 heteroatoms. The van der Waals surface area contributed by atoms with Crippen LogP contribution < -0.4 is 5.73 Å². The van der Waals surface area contributed by atoms with Crippen molar-refractivity contribution in [3.05, 3.63) is 23.5 Å². The zero-order valence-corrected chi connectivity index (χ0v) is 7.39. The number of H-pyrrole nitrogens is 1. The molecule has 11 heavy (non-hydrogen) atoms. The molecule has 0 saturated heterocycles. The van der Waals surface area contributed by atoms with E-state index in [9.17, 15) is 0 Å². The second-order valence-electron chi connectivity index (χ2n) is 3.40. The molecule has 0 spiro atoms. The van der Waals surface area contributed by atoms with Crippen LogP contribution in [0.5, 0.6) is 0 Å².